The number of rotatable bonds is 7. The number of carbonyl (C=O) groups is 1. The topological polar surface area (TPSA) is 93.1 Å². The van der Waals surface area contributed by atoms with Gasteiger partial charge in [-0.3, -0.25) is 0 Å². The zero-order chi connectivity index (χ0) is 24.1. The number of carbonyl (C=O) groups excluding carboxylic acids is 1. The lowest BCUT2D eigenvalue weighted by molar-refractivity contribution is 0.241. The Balaban J connectivity index is 1.63. The summed E-state index contributed by atoms with van der Waals surface area (Å²) < 4.78 is 29.7. The number of aryl methyl sites for hydroxylation is 2. The van der Waals surface area contributed by atoms with Gasteiger partial charge in [0.05, 0.1) is 10.9 Å². The fourth-order valence-electron chi connectivity index (χ4n) is 3.78. The van der Waals surface area contributed by atoms with Crippen molar-refractivity contribution >= 4 is 16.1 Å². The molecule has 2 N–H and O–H groups in total. The van der Waals surface area contributed by atoms with Crippen molar-refractivity contribution in [2.45, 2.75) is 31.2 Å². The molecule has 1 aromatic heterocycles. The van der Waals surface area contributed by atoms with Gasteiger partial charge in [0.1, 0.15) is 5.82 Å². The summed E-state index contributed by atoms with van der Waals surface area (Å²) in [7, 11) is -4.03. The van der Waals surface area contributed by atoms with E-state index in [4.69, 9.17) is 0 Å². The predicted octanol–water partition coefficient (Wildman–Crippen LogP) is 4.46. The number of urea groups is 1. The van der Waals surface area contributed by atoms with Crippen molar-refractivity contribution in [2.24, 2.45) is 0 Å². The molecule has 174 valence electrons. The van der Waals surface area contributed by atoms with Crippen LogP contribution in [0.2, 0.25) is 0 Å². The Labute approximate surface area is 199 Å². The number of aromatic nitrogens is 2. The average molecular weight is 475 g/mol. The minimum absolute atomic E-state index is 0.0610. The molecule has 0 radical (unpaired) electrons. The normalized spacial score (nSPS) is 12.2. The molecule has 2 amide bonds. The zero-order valence-corrected chi connectivity index (χ0v) is 19.8. The van der Waals surface area contributed by atoms with Crippen LogP contribution in [-0.4, -0.2) is 24.0 Å². The molecule has 0 saturated heterocycles. The SMILES string of the molecule is Cc1ccc(-n2ccnc2[C@H](Cc2ccccc2)NC(=O)NS(=O)(=O)c2ccccc2C)cc1. The van der Waals surface area contributed by atoms with Gasteiger partial charge < -0.3 is 9.88 Å². The van der Waals surface area contributed by atoms with Crippen LogP contribution in [0.4, 0.5) is 4.79 Å². The molecule has 0 spiro atoms. The third-order valence-electron chi connectivity index (χ3n) is 5.49. The quantitative estimate of drug-likeness (QED) is 0.414. The Kier molecular flexibility index (Phi) is 6.79. The van der Waals surface area contributed by atoms with Crippen LogP contribution in [0.3, 0.4) is 0 Å². The molecule has 0 saturated carbocycles. The van der Waals surface area contributed by atoms with Gasteiger partial charge in [0.15, 0.2) is 0 Å². The van der Waals surface area contributed by atoms with Crippen molar-refractivity contribution in [1.82, 2.24) is 19.6 Å². The fourth-order valence-corrected chi connectivity index (χ4v) is 4.94. The van der Waals surface area contributed by atoms with Crippen molar-refractivity contribution in [3.05, 3.63) is 114 Å². The maximum absolute atomic E-state index is 12.9. The molecule has 1 atom stereocenters. The van der Waals surface area contributed by atoms with E-state index in [0.29, 0.717) is 17.8 Å². The predicted molar refractivity (Wildman–Crippen MR) is 131 cm³/mol. The molecule has 0 aliphatic carbocycles. The number of hydrogen-bond acceptors (Lipinski definition) is 4. The molecule has 0 fully saturated rings. The summed E-state index contributed by atoms with van der Waals surface area (Å²) >= 11 is 0. The number of imidazole rings is 1. The fraction of sp³-hybridized carbons (Fsp3) is 0.154. The highest BCUT2D eigenvalue weighted by molar-refractivity contribution is 7.90. The Morgan fingerprint density at radius 1 is 0.941 bits per heavy atom. The molecule has 0 aliphatic heterocycles. The minimum atomic E-state index is -4.03. The average Bonchev–Trinajstić information content (AvgIpc) is 3.29. The Morgan fingerprint density at radius 2 is 1.62 bits per heavy atom. The lowest BCUT2D eigenvalue weighted by atomic mass is 10.1. The van der Waals surface area contributed by atoms with Crippen LogP contribution in [0.15, 0.2) is 96.2 Å². The zero-order valence-electron chi connectivity index (χ0n) is 19.0. The van der Waals surface area contributed by atoms with Crippen LogP contribution >= 0.6 is 0 Å². The first-order valence-electron chi connectivity index (χ1n) is 10.9. The monoisotopic (exact) mass is 474 g/mol. The van der Waals surface area contributed by atoms with E-state index >= 15 is 0 Å². The van der Waals surface area contributed by atoms with Gasteiger partial charge >= 0.3 is 6.03 Å². The number of nitrogens with one attached hydrogen (secondary N) is 2. The van der Waals surface area contributed by atoms with E-state index in [-0.39, 0.29) is 4.90 Å². The van der Waals surface area contributed by atoms with Crippen molar-refractivity contribution in [1.29, 1.82) is 0 Å². The maximum atomic E-state index is 12.9. The van der Waals surface area contributed by atoms with Gasteiger partial charge in [-0.25, -0.2) is 22.9 Å². The second-order valence-corrected chi connectivity index (χ2v) is 9.73. The second-order valence-electron chi connectivity index (χ2n) is 8.08. The van der Waals surface area contributed by atoms with E-state index < -0.39 is 22.1 Å². The van der Waals surface area contributed by atoms with Gasteiger partial charge in [-0.1, -0.05) is 66.2 Å². The maximum Gasteiger partial charge on any atom is 0.329 e. The number of amides is 2. The van der Waals surface area contributed by atoms with Crippen molar-refractivity contribution < 1.29 is 13.2 Å². The molecular weight excluding hydrogens is 448 g/mol. The Bertz CT molecular complexity index is 1380. The molecule has 7 nitrogen and oxygen atoms in total. The highest BCUT2D eigenvalue weighted by Crippen LogP contribution is 2.22. The van der Waals surface area contributed by atoms with E-state index in [0.717, 1.165) is 16.8 Å². The van der Waals surface area contributed by atoms with Gasteiger partial charge in [0, 0.05) is 18.1 Å². The van der Waals surface area contributed by atoms with Gasteiger partial charge in [-0.05, 0) is 49.6 Å². The number of benzene rings is 3. The first kappa shape index (κ1) is 23.3. The smallest absolute Gasteiger partial charge is 0.327 e. The van der Waals surface area contributed by atoms with Gasteiger partial charge in [-0.2, -0.15) is 0 Å². The molecule has 34 heavy (non-hydrogen) atoms. The van der Waals surface area contributed by atoms with Crippen molar-refractivity contribution in [3.8, 4) is 5.69 Å². The highest BCUT2D eigenvalue weighted by atomic mass is 32.2. The van der Waals surface area contributed by atoms with E-state index in [1.54, 1.807) is 31.3 Å². The van der Waals surface area contributed by atoms with Gasteiger partial charge in [0.2, 0.25) is 0 Å². The van der Waals surface area contributed by atoms with Gasteiger partial charge in [0.25, 0.3) is 10.0 Å². The third kappa shape index (κ3) is 5.35. The summed E-state index contributed by atoms with van der Waals surface area (Å²) in [4.78, 5) is 17.5. The molecule has 4 rings (SSSR count). The summed E-state index contributed by atoms with van der Waals surface area (Å²) in [5.74, 6) is 0.594. The van der Waals surface area contributed by atoms with Crippen LogP contribution in [0.1, 0.15) is 28.6 Å². The molecule has 3 aromatic carbocycles. The minimum Gasteiger partial charge on any atom is -0.327 e. The lowest BCUT2D eigenvalue weighted by Gasteiger charge is -2.21. The molecule has 0 unspecified atom stereocenters. The van der Waals surface area contributed by atoms with E-state index in [9.17, 15) is 13.2 Å². The summed E-state index contributed by atoms with van der Waals surface area (Å²) in [5.41, 5.74) is 3.56. The second kappa shape index (κ2) is 9.93. The first-order valence-corrected chi connectivity index (χ1v) is 12.3. The van der Waals surface area contributed by atoms with Crippen LogP contribution in [0, 0.1) is 13.8 Å². The first-order chi connectivity index (χ1) is 16.3. The number of hydrogen-bond donors (Lipinski definition) is 2. The molecule has 1 heterocycles. The molecule has 0 bridgehead atoms. The summed E-state index contributed by atoms with van der Waals surface area (Å²) in [6.45, 7) is 3.70. The van der Waals surface area contributed by atoms with Crippen LogP contribution in [0.25, 0.3) is 5.69 Å². The highest BCUT2D eigenvalue weighted by Gasteiger charge is 2.25. The molecular formula is C26H26N4O3S. The van der Waals surface area contributed by atoms with E-state index in [1.165, 1.54) is 6.07 Å². The van der Waals surface area contributed by atoms with Gasteiger partial charge in [-0.15, -0.1) is 0 Å². The third-order valence-corrected chi connectivity index (χ3v) is 6.98. The largest absolute Gasteiger partial charge is 0.329 e. The van der Waals surface area contributed by atoms with Crippen LogP contribution in [-0.2, 0) is 16.4 Å². The Hall–Kier alpha value is -3.91. The molecule has 0 aliphatic rings. The van der Waals surface area contributed by atoms with Crippen molar-refractivity contribution in [2.75, 3.05) is 0 Å². The summed E-state index contributed by atoms with van der Waals surface area (Å²) in [5, 5.41) is 2.82. The number of sulfonamides is 1. The van der Waals surface area contributed by atoms with Crippen molar-refractivity contribution in [3.63, 3.8) is 0 Å². The van der Waals surface area contributed by atoms with E-state index in [1.807, 2.05) is 72.3 Å². The number of nitrogens with zero attached hydrogens (tertiary/aromatic N) is 2. The lowest BCUT2D eigenvalue weighted by Crippen LogP contribution is -2.42. The molecule has 8 heteroatoms. The Morgan fingerprint density at radius 3 is 2.32 bits per heavy atom. The molecule has 4 aromatic rings. The summed E-state index contributed by atoms with van der Waals surface area (Å²) in [6, 6.07) is 22.7. The standard InChI is InChI=1S/C26H26N4O3S/c1-19-12-14-22(15-13-19)30-17-16-27-25(30)23(18-21-9-4-3-5-10-21)28-26(31)29-34(32,33)24-11-7-6-8-20(24)2/h3-17,23H,18H2,1-2H3,(H2,28,29,31)/t23-/m0/s1. The van der Waals surface area contributed by atoms with Crippen LogP contribution < -0.4 is 10.0 Å². The van der Waals surface area contributed by atoms with Crippen LogP contribution in [0.5, 0.6) is 0 Å². The summed E-state index contributed by atoms with van der Waals surface area (Å²) in [6.07, 6.45) is 3.92. The van der Waals surface area contributed by atoms with E-state index in [2.05, 4.69) is 15.0 Å².